The summed E-state index contributed by atoms with van der Waals surface area (Å²) in [4.78, 5) is 28.0. The van der Waals surface area contributed by atoms with Gasteiger partial charge in [-0.15, -0.1) is 11.3 Å². The van der Waals surface area contributed by atoms with E-state index in [1.54, 1.807) is 31.2 Å². The molecule has 5 nitrogen and oxygen atoms in total. The van der Waals surface area contributed by atoms with E-state index in [2.05, 4.69) is 31.4 Å². The Kier molecular flexibility index (Phi) is 8.00. The zero-order chi connectivity index (χ0) is 26.9. The third-order valence-corrected chi connectivity index (χ3v) is 8.47. The van der Waals surface area contributed by atoms with Gasteiger partial charge in [0.05, 0.1) is 5.56 Å². The van der Waals surface area contributed by atoms with Crippen LogP contribution >= 0.6 is 22.9 Å². The Morgan fingerprint density at radius 2 is 1.86 bits per heavy atom. The fourth-order valence-corrected chi connectivity index (χ4v) is 6.31. The summed E-state index contributed by atoms with van der Waals surface area (Å²) in [5.41, 5.74) is 4.69. The van der Waals surface area contributed by atoms with Crippen LogP contribution in [0.2, 0.25) is 5.02 Å². The van der Waals surface area contributed by atoms with E-state index in [0.717, 1.165) is 41.6 Å². The number of thiophene rings is 1. The average Bonchev–Trinajstić information content (AvgIpc) is 3.17. The lowest BCUT2D eigenvalue weighted by Crippen LogP contribution is -2.30. The van der Waals surface area contributed by atoms with Crippen molar-refractivity contribution in [2.24, 2.45) is 11.3 Å². The number of ether oxygens (including phenoxy) is 1. The van der Waals surface area contributed by atoms with Gasteiger partial charge < -0.3 is 15.4 Å². The molecule has 1 aromatic heterocycles. The van der Waals surface area contributed by atoms with Crippen LogP contribution in [0.5, 0.6) is 5.75 Å². The molecule has 0 spiro atoms. The lowest BCUT2D eigenvalue weighted by Gasteiger charge is -2.33. The summed E-state index contributed by atoms with van der Waals surface area (Å²) < 4.78 is 5.82. The first-order chi connectivity index (χ1) is 17.4. The number of halogens is 1. The van der Waals surface area contributed by atoms with E-state index in [-0.39, 0.29) is 17.2 Å². The molecular weight excluding hydrogens is 504 g/mol. The van der Waals surface area contributed by atoms with Gasteiger partial charge in [0.2, 0.25) is 0 Å². The summed E-state index contributed by atoms with van der Waals surface area (Å²) in [6, 6.07) is 12.9. The molecule has 37 heavy (non-hydrogen) atoms. The number of anilines is 2. The first kappa shape index (κ1) is 27.2. The van der Waals surface area contributed by atoms with E-state index in [0.29, 0.717) is 27.3 Å². The van der Waals surface area contributed by atoms with Gasteiger partial charge in [-0.2, -0.15) is 0 Å². The highest BCUT2D eigenvalue weighted by atomic mass is 35.5. The summed E-state index contributed by atoms with van der Waals surface area (Å²) in [6.07, 6.45) is 1.96. The summed E-state index contributed by atoms with van der Waals surface area (Å²) in [6.45, 7) is 12.5. The standard InChI is InChI=1S/C30H35ClN2O3S/c1-17-10-13-24(18(2)14-17)32-28(35)26-23-12-11-20(30(4,5)6)15-25(23)37-29(26)33-27(34)19(3)36-22-9-7-8-21(31)16-22/h7-10,13-14,16,19-20H,11-12,15H2,1-6H3,(H,32,35)(H,33,34). The van der Waals surface area contributed by atoms with Crippen LogP contribution in [0.15, 0.2) is 42.5 Å². The number of carbonyl (C=O) groups is 2. The van der Waals surface area contributed by atoms with Gasteiger partial charge in [0.1, 0.15) is 10.8 Å². The Bertz CT molecular complexity index is 1320. The normalized spacial score (nSPS) is 16.0. The molecule has 0 fully saturated rings. The van der Waals surface area contributed by atoms with Crippen LogP contribution in [-0.4, -0.2) is 17.9 Å². The molecule has 1 aliphatic rings. The van der Waals surface area contributed by atoms with Crippen molar-refractivity contribution in [1.82, 2.24) is 0 Å². The fraction of sp³-hybridized carbons (Fsp3) is 0.400. The molecule has 2 unspecified atom stereocenters. The van der Waals surface area contributed by atoms with Gasteiger partial charge >= 0.3 is 0 Å². The van der Waals surface area contributed by atoms with Gasteiger partial charge in [-0.05, 0) is 86.8 Å². The molecule has 1 heterocycles. The monoisotopic (exact) mass is 538 g/mol. The number of carbonyl (C=O) groups excluding carboxylic acids is 2. The predicted octanol–water partition coefficient (Wildman–Crippen LogP) is 7.83. The number of hydrogen-bond donors (Lipinski definition) is 2. The molecule has 0 saturated heterocycles. The van der Waals surface area contributed by atoms with Crippen molar-refractivity contribution in [2.75, 3.05) is 10.6 Å². The van der Waals surface area contributed by atoms with Crippen molar-refractivity contribution < 1.29 is 14.3 Å². The second-order valence-corrected chi connectivity index (χ2v) is 12.5. The summed E-state index contributed by atoms with van der Waals surface area (Å²) in [5.74, 6) is 0.521. The van der Waals surface area contributed by atoms with E-state index >= 15 is 0 Å². The zero-order valence-electron chi connectivity index (χ0n) is 22.3. The Morgan fingerprint density at radius 3 is 2.54 bits per heavy atom. The highest BCUT2D eigenvalue weighted by Crippen LogP contribution is 2.44. The van der Waals surface area contributed by atoms with Crippen molar-refractivity contribution in [3.63, 3.8) is 0 Å². The van der Waals surface area contributed by atoms with Crippen molar-refractivity contribution >= 4 is 45.4 Å². The van der Waals surface area contributed by atoms with Crippen molar-refractivity contribution in [3.05, 3.63) is 74.6 Å². The number of nitrogens with one attached hydrogen (secondary N) is 2. The van der Waals surface area contributed by atoms with E-state index in [1.165, 1.54) is 16.2 Å². The Balaban J connectivity index is 1.62. The first-order valence-corrected chi connectivity index (χ1v) is 13.9. The van der Waals surface area contributed by atoms with E-state index < -0.39 is 6.10 Å². The molecule has 1 aliphatic carbocycles. The van der Waals surface area contributed by atoms with Crippen LogP contribution in [0.1, 0.15) is 66.0 Å². The quantitative estimate of drug-likeness (QED) is 0.336. The van der Waals surface area contributed by atoms with Crippen molar-refractivity contribution in [3.8, 4) is 5.75 Å². The number of hydrogen-bond acceptors (Lipinski definition) is 4. The minimum atomic E-state index is -0.768. The molecule has 0 aliphatic heterocycles. The third kappa shape index (κ3) is 6.36. The molecule has 3 aromatic rings. The van der Waals surface area contributed by atoms with Gasteiger partial charge in [0.25, 0.3) is 11.8 Å². The molecule has 0 radical (unpaired) electrons. The van der Waals surface area contributed by atoms with Gasteiger partial charge in [0.15, 0.2) is 6.10 Å². The van der Waals surface area contributed by atoms with E-state index in [4.69, 9.17) is 16.3 Å². The van der Waals surface area contributed by atoms with Gasteiger partial charge in [-0.25, -0.2) is 0 Å². The molecule has 196 valence electrons. The Morgan fingerprint density at radius 1 is 1.11 bits per heavy atom. The molecule has 0 bridgehead atoms. The largest absolute Gasteiger partial charge is 0.481 e. The van der Waals surface area contributed by atoms with Crippen LogP contribution < -0.4 is 15.4 Å². The topological polar surface area (TPSA) is 67.4 Å². The second-order valence-electron chi connectivity index (χ2n) is 11.0. The second kappa shape index (κ2) is 10.9. The maximum Gasteiger partial charge on any atom is 0.265 e. The SMILES string of the molecule is Cc1ccc(NC(=O)c2c(NC(=O)C(C)Oc3cccc(Cl)c3)sc3c2CCC(C(C)(C)C)C3)c(C)c1. The maximum absolute atomic E-state index is 13.7. The molecule has 2 amide bonds. The van der Waals surface area contributed by atoms with Crippen LogP contribution in [0, 0.1) is 25.2 Å². The molecule has 2 atom stereocenters. The molecule has 2 aromatic carbocycles. The summed E-state index contributed by atoms with van der Waals surface area (Å²) in [5, 5.41) is 7.21. The van der Waals surface area contributed by atoms with Gasteiger partial charge in [0, 0.05) is 15.6 Å². The minimum absolute atomic E-state index is 0.172. The number of fused-ring (bicyclic) bond motifs is 1. The Labute approximate surface area is 228 Å². The molecule has 0 saturated carbocycles. The predicted molar refractivity (Wildman–Crippen MR) is 153 cm³/mol. The van der Waals surface area contributed by atoms with E-state index in [9.17, 15) is 9.59 Å². The first-order valence-electron chi connectivity index (χ1n) is 12.7. The highest BCUT2D eigenvalue weighted by molar-refractivity contribution is 7.17. The van der Waals surface area contributed by atoms with Crippen molar-refractivity contribution in [2.45, 2.75) is 66.9 Å². The number of aryl methyl sites for hydroxylation is 2. The lowest BCUT2D eigenvalue weighted by molar-refractivity contribution is -0.122. The summed E-state index contributed by atoms with van der Waals surface area (Å²) >= 11 is 7.57. The lowest BCUT2D eigenvalue weighted by atomic mass is 9.72. The zero-order valence-corrected chi connectivity index (χ0v) is 23.9. The van der Waals surface area contributed by atoms with Gasteiger partial charge in [-0.3, -0.25) is 9.59 Å². The number of amides is 2. The summed E-state index contributed by atoms with van der Waals surface area (Å²) in [7, 11) is 0. The van der Waals surface area contributed by atoms with Crippen LogP contribution in [0.4, 0.5) is 10.7 Å². The fourth-order valence-electron chi connectivity index (χ4n) is 4.80. The molecule has 2 N–H and O–H groups in total. The van der Waals surface area contributed by atoms with Crippen molar-refractivity contribution in [1.29, 1.82) is 0 Å². The highest BCUT2D eigenvalue weighted by Gasteiger charge is 2.34. The van der Waals surface area contributed by atoms with E-state index in [1.807, 2.05) is 32.0 Å². The minimum Gasteiger partial charge on any atom is -0.481 e. The maximum atomic E-state index is 13.7. The molecule has 7 heteroatoms. The van der Waals surface area contributed by atoms with Crippen LogP contribution in [0.25, 0.3) is 0 Å². The van der Waals surface area contributed by atoms with Crippen LogP contribution in [0.3, 0.4) is 0 Å². The smallest absolute Gasteiger partial charge is 0.265 e. The van der Waals surface area contributed by atoms with Crippen LogP contribution in [-0.2, 0) is 17.6 Å². The molecular formula is C30H35ClN2O3S. The Hall–Kier alpha value is -2.83. The number of benzene rings is 2. The van der Waals surface area contributed by atoms with Gasteiger partial charge in [-0.1, -0.05) is 56.1 Å². The average molecular weight is 539 g/mol. The third-order valence-electron chi connectivity index (χ3n) is 7.06. The molecule has 4 rings (SSSR count). The number of rotatable bonds is 6.